The van der Waals surface area contributed by atoms with E-state index in [4.69, 9.17) is 9.47 Å². The van der Waals surface area contributed by atoms with Crippen LogP contribution >= 0.6 is 0 Å². The van der Waals surface area contributed by atoms with Crippen LogP contribution in [0.3, 0.4) is 0 Å². The van der Waals surface area contributed by atoms with E-state index in [-0.39, 0.29) is 6.03 Å². The number of nitrogens with zero attached hydrogens (tertiary/aromatic N) is 4. The van der Waals surface area contributed by atoms with Crippen molar-refractivity contribution in [2.45, 2.75) is 6.92 Å². The maximum atomic E-state index is 12.2. The molecule has 0 aliphatic carbocycles. The molecule has 0 bridgehead atoms. The third-order valence-corrected chi connectivity index (χ3v) is 4.15. The van der Waals surface area contributed by atoms with Crippen LogP contribution < -0.4 is 20.1 Å². The first kappa shape index (κ1) is 19.9. The van der Waals surface area contributed by atoms with Crippen molar-refractivity contribution >= 4 is 17.4 Å². The molecule has 9 nitrogen and oxygen atoms in total. The van der Waals surface area contributed by atoms with Gasteiger partial charge in [-0.15, -0.1) is 10.2 Å². The van der Waals surface area contributed by atoms with Crippen molar-refractivity contribution in [1.29, 1.82) is 0 Å². The molecule has 156 valence electrons. The molecule has 0 fully saturated rings. The van der Waals surface area contributed by atoms with Gasteiger partial charge in [-0.2, -0.15) is 0 Å². The van der Waals surface area contributed by atoms with Crippen molar-refractivity contribution in [3.8, 4) is 23.2 Å². The fourth-order valence-electron chi connectivity index (χ4n) is 2.72. The number of urea groups is 1. The summed E-state index contributed by atoms with van der Waals surface area (Å²) in [5.74, 6) is 2.33. The number of carbonyl (C=O) groups is 1. The molecule has 2 heterocycles. The third-order valence-electron chi connectivity index (χ3n) is 4.15. The number of benzene rings is 2. The number of amides is 2. The molecule has 2 N–H and O–H groups in total. The highest BCUT2D eigenvalue weighted by atomic mass is 16.5. The van der Waals surface area contributed by atoms with Gasteiger partial charge in [0.25, 0.3) is 0 Å². The molecule has 0 radical (unpaired) electrons. The van der Waals surface area contributed by atoms with E-state index in [1.807, 2.05) is 6.92 Å². The molecule has 9 heteroatoms. The minimum absolute atomic E-state index is 0.348. The van der Waals surface area contributed by atoms with Gasteiger partial charge in [-0.05, 0) is 61.5 Å². The van der Waals surface area contributed by atoms with Crippen LogP contribution in [-0.2, 0) is 0 Å². The van der Waals surface area contributed by atoms with Gasteiger partial charge in [0.2, 0.25) is 5.88 Å². The summed E-state index contributed by atoms with van der Waals surface area (Å²) in [6.07, 6.45) is 5.09. The molecule has 0 atom stereocenters. The van der Waals surface area contributed by atoms with Gasteiger partial charge in [-0.1, -0.05) is 0 Å². The molecule has 4 rings (SSSR count). The van der Waals surface area contributed by atoms with Crippen molar-refractivity contribution in [1.82, 2.24) is 19.7 Å². The molecular weight excluding hydrogens is 396 g/mol. The van der Waals surface area contributed by atoms with Crippen molar-refractivity contribution in [3.05, 3.63) is 79.4 Å². The minimum Gasteiger partial charge on any atom is -0.494 e. The molecule has 0 unspecified atom stereocenters. The highest BCUT2D eigenvalue weighted by molar-refractivity contribution is 5.99. The zero-order valence-electron chi connectivity index (χ0n) is 16.7. The quantitative estimate of drug-likeness (QED) is 0.460. The molecule has 0 spiro atoms. The average molecular weight is 416 g/mol. The van der Waals surface area contributed by atoms with Crippen LogP contribution in [0.5, 0.6) is 17.4 Å². The summed E-state index contributed by atoms with van der Waals surface area (Å²) in [6, 6.07) is 17.3. The first-order valence-corrected chi connectivity index (χ1v) is 9.60. The zero-order chi connectivity index (χ0) is 21.5. The van der Waals surface area contributed by atoms with Gasteiger partial charge in [0.15, 0.2) is 5.82 Å². The van der Waals surface area contributed by atoms with Crippen molar-refractivity contribution < 1.29 is 14.3 Å². The van der Waals surface area contributed by atoms with Crippen LogP contribution in [0.2, 0.25) is 0 Å². The van der Waals surface area contributed by atoms with E-state index in [9.17, 15) is 4.79 Å². The lowest BCUT2D eigenvalue weighted by molar-refractivity contribution is 0.262. The Bertz CT molecular complexity index is 1110. The van der Waals surface area contributed by atoms with Crippen LogP contribution in [0, 0.1) is 0 Å². The topological polar surface area (TPSA) is 103 Å². The number of ether oxygens (including phenoxy) is 2. The van der Waals surface area contributed by atoms with Gasteiger partial charge in [-0.25, -0.2) is 9.78 Å². The molecule has 0 saturated carbocycles. The lowest BCUT2D eigenvalue weighted by Crippen LogP contribution is -2.19. The summed E-state index contributed by atoms with van der Waals surface area (Å²) in [6.45, 7) is 2.51. The lowest BCUT2D eigenvalue weighted by Gasteiger charge is -2.10. The van der Waals surface area contributed by atoms with E-state index < -0.39 is 0 Å². The summed E-state index contributed by atoms with van der Waals surface area (Å²) in [7, 11) is 0. The van der Waals surface area contributed by atoms with Gasteiger partial charge in [0.1, 0.15) is 17.8 Å². The number of carbonyl (C=O) groups excluding carboxylic acids is 1. The molecule has 0 saturated heterocycles. The predicted molar refractivity (Wildman–Crippen MR) is 116 cm³/mol. The number of anilines is 2. The molecular formula is C22H20N6O3. The highest BCUT2D eigenvalue weighted by Crippen LogP contribution is 2.22. The van der Waals surface area contributed by atoms with Crippen molar-refractivity contribution in [2.75, 3.05) is 17.2 Å². The Balaban J connectivity index is 1.31. The zero-order valence-corrected chi connectivity index (χ0v) is 16.7. The smallest absolute Gasteiger partial charge is 0.323 e. The third kappa shape index (κ3) is 5.36. The number of aromatic nitrogens is 4. The average Bonchev–Trinajstić information content (AvgIpc) is 3.32. The highest BCUT2D eigenvalue weighted by Gasteiger charge is 2.05. The Morgan fingerprint density at radius 3 is 2.13 bits per heavy atom. The Hall–Kier alpha value is -4.40. The molecule has 0 aliphatic heterocycles. The van der Waals surface area contributed by atoms with Gasteiger partial charge < -0.3 is 20.1 Å². The number of nitrogens with one attached hydrogen (secondary N) is 2. The van der Waals surface area contributed by atoms with Gasteiger partial charge >= 0.3 is 6.03 Å². The van der Waals surface area contributed by atoms with E-state index in [1.165, 1.54) is 0 Å². The standard InChI is InChI=1S/C22H20N6O3/c1-2-30-18-7-3-16(4-8-18)24-22(29)25-17-5-9-19(10-6-17)31-21-12-11-20(26-27-21)28-14-13-23-15-28/h3-15H,2H2,1H3,(H2,24,25,29). The summed E-state index contributed by atoms with van der Waals surface area (Å²) in [5.41, 5.74) is 1.29. The molecule has 4 aromatic rings. The fourth-order valence-corrected chi connectivity index (χ4v) is 2.72. The summed E-state index contributed by atoms with van der Waals surface area (Å²) < 4.78 is 12.8. The molecule has 31 heavy (non-hydrogen) atoms. The number of hydrogen-bond donors (Lipinski definition) is 2. The van der Waals surface area contributed by atoms with E-state index in [2.05, 4.69) is 25.8 Å². The van der Waals surface area contributed by atoms with Crippen LogP contribution in [0.1, 0.15) is 6.92 Å². The largest absolute Gasteiger partial charge is 0.494 e. The van der Waals surface area contributed by atoms with E-state index in [0.29, 0.717) is 35.4 Å². The molecule has 2 amide bonds. The van der Waals surface area contributed by atoms with Gasteiger partial charge in [0.05, 0.1) is 6.61 Å². The summed E-state index contributed by atoms with van der Waals surface area (Å²) in [5, 5.41) is 13.7. The Labute approximate surface area is 178 Å². The van der Waals surface area contributed by atoms with Gasteiger partial charge in [-0.3, -0.25) is 4.57 Å². The Morgan fingerprint density at radius 2 is 1.58 bits per heavy atom. The van der Waals surface area contributed by atoms with Crippen molar-refractivity contribution in [3.63, 3.8) is 0 Å². The van der Waals surface area contributed by atoms with Crippen LogP contribution in [0.4, 0.5) is 16.2 Å². The second-order valence-corrected chi connectivity index (χ2v) is 6.36. The van der Waals surface area contributed by atoms with Crippen LogP contribution in [-0.4, -0.2) is 32.4 Å². The maximum absolute atomic E-state index is 12.2. The summed E-state index contributed by atoms with van der Waals surface area (Å²) >= 11 is 0. The van der Waals surface area contributed by atoms with Crippen molar-refractivity contribution in [2.24, 2.45) is 0 Å². The van der Waals surface area contributed by atoms with E-state index in [0.717, 1.165) is 5.75 Å². The normalized spacial score (nSPS) is 10.4. The van der Waals surface area contributed by atoms with E-state index in [1.54, 1.807) is 84.0 Å². The second kappa shape index (κ2) is 9.40. The first-order chi connectivity index (χ1) is 15.2. The minimum atomic E-state index is -0.348. The maximum Gasteiger partial charge on any atom is 0.323 e. The fraction of sp³-hybridized carbons (Fsp3) is 0.0909. The molecule has 2 aromatic heterocycles. The lowest BCUT2D eigenvalue weighted by atomic mass is 10.3. The Kier molecular flexibility index (Phi) is 6.03. The van der Waals surface area contributed by atoms with Crippen LogP contribution in [0.25, 0.3) is 5.82 Å². The number of hydrogen-bond acceptors (Lipinski definition) is 6. The number of imidazole rings is 1. The Morgan fingerprint density at radius 1 is 0.903 bits per heavy atom. The molecule has 2 aromatic carbocycles. The number of rotatable bonds is 7. The molecule has 0 aliphatic rings. The summed E-state index contributed by atoms with van der Waals surface area (Å²) in [4.78, 5) is 16.2. The van der Waals surface area contributed by atoms with E-state index >= 15 is 0 Å². The first-order valence-electron chi connectivity index (χ1n) is 9.60. The monoisotopic (exact) mass is 416 g/mol. The second-order valence-electron chi connectivity index (χ2n) is 6.36. The van der Waals surface area contributed by atoms with Crippen LogP contribution in [0.15, 0.2) is 79.4 Å². The van der Waals surface area contributed by atoms with Gasteiger partial charge in [0, 0.05) is 29.8 Å². The predicted octanol–water partition coefficient (Wildman–Crippen LogP) is 4.50. The SMILES string of the molecule is CCOc1ccc(NC(=O)Nc2ccc(Oc3ccc(-n4ccnc4)nn3)cc2)cc1.